The number of benzene rings is 2. The van der Waals surface area contributed by atoms with Gasteiger partial charge < -0.3 is 9.15 Å². The maximum absolute atomic E-state index is 12.6. The Labute approximate surface area is 141 Å². The first-order valence-corrected chi connectivity index (χ1v) is 7.58. The van der Waals surface area contributed by atoms with Crippen LogP contribution in [0, 0.1) is 13.8 Å². The molecule has 0 saturated heterocycles. The van der Waals surface area contributed by atoms with Gasteiger partial charge in [-0.05, 0) is 61.4 Å². The van der Waals surface area contributed by atoms with Crippen molar-refractivity contribution < 1.29 is 22.3 Å². The predicted octanol–water partition coefficient (Wildman–Crippen LogP) is 5.01. The summed E-state index contributed by atoms with van der Waals surface area (Å²) in [6.07, 6.45) is -4.39. The number of alkyl halides is 3. The molecule has 0 aliphatic rings. The van der Waals surface area contributed by atoms with Crippen LogP contribution in [0.3, 0.4) is 0 Å². The molecule has 0 amide bonds. The lowest BCUT2D eigenvalue weighted by atomic mass is 10.0. The molecule has 1 heterocycles. The SMILES string of the molecule is Cc1cc2oc(=O)cc(COc3ccc(C(F)(F)F)cc3)c2cc1C. The van der Waals surface area contributed by atoms with Crippen molar-refractivity contribution in [2.75, 3.05) is 0 Å². The Bertz CT molecular complexity index is 970. The molecule has 2 aromatic carbocycles. The Morgan fingerprint density at radius 3 is 2.28 bits per heavy atom. The highest BCUT2D eigenvalue weighted by atomic mass is 19.4. The number of hydrogen-bond acceptors (Lipinski definition) is 3. The van der Waals surface area contributed by atoms with Crippen molar-refractivity contribution in [2.45, 2.75) is 26.6 Å². The molecule has 0 aliphatic carbocycles. The molecule has 0 saturated carbocycles. The average Bonchev–Trinajstić information content (AvgIpc) is 2.54. The zero-order chi connectivity index (χ0) is 18.2. The quantitative estimate of drug-likeness (QED) is 0.625. The second-order valence-corrected chi connectivity index (χ2v) is 5.83. The molecule has 0 N–H and O–H groups in total. The first-order valence-electron chi connectivity index (χ1n) is 7.58. The van der Waals surface area contributed by atoms with E-state index in [-0.39, 0.29) is 6.61 Å². The third kappa shape index (κ3) is 3.68. The lowest BCUT2D eigenvalue weighted by molar-refractivity contribution is -0.137. The summed E-state index contributed by atoms with van der Waals surface area (Å²) in [5.41, 5.74) is 1.88. The maximum atomic E-state index is 12.6. The van der Waals surface area contributed by atoms with E-state index in [1.165, 1.54) is 18.2 Å². The fourth-order valence-corrected chi connectivity index (χ4v) is 2.50. The van der Waals surface area contributed by atoms with Gasteiger partial charge in [-0.2, -0.15) is 13.2 Å². The van der Waals surface area contributed by atoms with Crippen LogP contribution in [0.4, 0.5) is 13.2 Å². The zero-order valence-electron chi connectivity index (χ0n) is 13.6. The summed E-state index contributed by atoms with van der Waals surface area (Å²) in [4.78, 5) is 11.7. The van der Waals surface area contributed by atoms with E-state index in [0.29, 0.717) is 16.9 Å². The Morgan fingerprint density at radius 1 is 1.00 bits per heavy atom. The second-order valence-electron chi connectivity index (χ2n) is 5.83. The monoisotopic (exact) mass is 348 g/mol. The molecule has 25 heavy (non-hydrogen) atoms. The topological polar surface area (TPSA) is 39.4 Å². The molecule has 0 radical (unpaired) electrons. The number of ether oxygens (including phenoxy) is 1. The third-order valence-corrected chi connectivity index (χ3v) is 4.02. The second kappa shape index (κ2) is 6.27. The molecule has 6 heteroatoms. The van der Waals surface area contributed by atoms with Gasteiger partial charge in [0.15, 0.2) is 0 Å². The molecular weight excluding hydrogens is 333 g/mol. The predicted molar refractivity (Wildman–Crippen MR) is 87.7 cm³/mol. The molecule has 0 fully saturated rings. The average molecular weight is 348 g/mol. The standard InChI is InChI=1S/C19H15F3O3/c1-11-7-16-13(9-18(23)25-17(16)8-12(11)2)10-24-15-5-3-14(4-6-15)19(20,21)22/h3-9H,10H2,1-2H3. The van der Waals surface area contributed by atoms with E-state index in [1.807, 2.05) is 19.9 Å². The minimum absolute atomic E-state index is 0.0516. The Kier molecular flexibility index (Phi) is 4.29. The van der Waals surface area contributed by atoms with E-state index in [0.717, 1.165) is 28.6 Å². The fourth-order valence-electron chi connectivity index (χ4n) is 2.50. The number of fused-ring (bicyclic) bond motifs is 1. The number of halogens is 3. The van der Waals surface area contributed by atoms with Gasteiger partial charge in [0.1, 0.15) is 17.9 Å². The molecule has 3 nitrogen and oxygen atoms in total. The first kappa shape index (κ1) is 17.1. The van der Waals surface area contributed by atoms with Crippen LogP contribution >= 0.6 is 0 Å². The summed E-state index contributed by atoms with van der Waals surface area (Å²) < 4.78 is 48.5. The van der Waals surface area contributed by atoms with Crippen LogP contribution in [0.1, 0.15) is 22.3 Å². The van der Waals surface area contributed by atoms with Gasteiger partial charge in [0.25, 0.3) is 0 Å². The number of rotatable bonds is 3. The molecule has 0 aliphatic heterocycles. The van der Waals surface area contributed by atoms with Crippen LogP contribution in [0.15, 0.2) is 51.7 Å². The molecule has 130 valence electrons. The van der Waals surface area contributed by atoms with Gasteiger partial charge in [-0.1, -0.05) is 0 Å². The van der Waals surface area contributed by atoms with Gasteiger partial charge >= 0.3 is 11.8 Å². The molecular formula is C19H15F3O3. The first-order chi connectivity index (χ1) is 11.7. The van der Waals surface area contributed by atoms with Crippen molar-refractivity contribution in [3.05, 3.63) is 75.1 Å². The normalized spacial score (nSPS) is 11.7. The van der Waals surface area contributed by atoms with Crippen LogP contribution in [-0.4, -0.2) is 0 Å². The van der Waals surface area contributed by atoms with E-state index >= 15 is 0 Å². The van der Waals surface area contributed by atoms with Crippen molar-refractivity contribution >= 4 is 11.0 Å². The van der Waals surface area contributed by atoms with Gasteiger partial charge in [-0.15, -0.1) is 0 Å². The van der Waals surface area contributed by atoms with Crippen molar-refractivity contribution in [1.29, 1.82) is 0 Å². The summed E-state index contributed by atoms with van der Waals surface area (Å²) in [6, 6.07) is 9.45. The fraction of sp³-hybridized carbons (Fsp3) is 0.211. The van der Waals surface area contributed by atoms with Gasteiger partial charge in [-0.3, -0.25) is 0 Å². The summed E-state index contributed by atoms with van der Waals surface area (Å²) in [6.45, 7) is 3.91. The molecule has 0 unspecified atom stereocenters. The maximum Gasteiger partial charge on any atom is 0.416 e. The third-order valence-electron chi connectivity index (χ3n) is 4.02. The van der Waals surface area contributed by atoms with Gasteiger partial charge in [0.05, 0.1) is 5.56 Å². The highest BCUT2D eigenvalue weighted by Gasteiger charge is 2.30. The number of hydrogen-bond donors (Lipinski definition) is 0. The number of aryl methyl sites for hydroxylation is 2. The lowest BCUT2D eigenvalue weighted by Crippen LogP contribution is -2.06. The van der Waals surface area contributed by atoms with Crippen molar-refractivity contribution in [3.63, 3.8) is 0 Å². The summed E-state index contributed by atoms with van der Waals surface area (Å²) >= 11 is 0. The molecule has 1 aromatic heterocycles. The van der Waals surface area contributed by atoms with Crippen molar-refractivity contribution in [1.82, 2.24) is 0 Å². The van der Waals surface area contributed by atoms with Gasteiger partial charge in [0, 0.05) is 17.0 Å². The van der Waals surface area contributed by atoms with Gasteiger partial charge in [-0.25, -0.2) is 4.79 Å². The molecule has 3 aromatic rings. The summed E-state index contributed by atoms with van der Waals surface area (Å²) in [5.74, 6) is 0.290. The minimum atomic E-state index is -4.39. The molecule has 0 spiro atoms. The van der Waals surface area contributed by atoms with Crippen LogP contribution in [0.25, 0.3) is 11.0 Å². The molecule has 0 bridgehead atoms. The Morgan fingerprint density at radius 2 is 1.64 bits per heavy atom. The van der Waals surface area contributed by atoms with E-state index in [2.05, 4.69) is 0 Å². The summed E-state index contributed by atoms with van der Waals surface area (Å²) in [5, 5.41) is 0.745. The lowest BCUT2D eigenvalue weighted by Gasteiger charge is -2.11. The van der Waals surface area contributed by atoms with Crippen LogP contribution in [0.5, 0.6) is 5.75 Å². The highest BCUT2D eigenvalue weighted by Crippen LogP contribution is 2.30. The van der Waals surface area contributed by atoms with Crippen molar-refractivity contribution in [3.8, 4) is 5.75 Å². The smallest absolute Gasteiger partial charge is 0.416 e. The van der Waals surface area contributed by atoms with E-state index in [1.54, 1.807) is 6.07 Å². The van der Waals surface area contributed by atoms with E-state index < -0.39 is 17.4 Å². The zero-order valence-corrected chi connectivity index (χ0v) is 13.6. The molecule has 0 atom stereocenters. The summed E-state index contributed by atoms with van der Waals surface area (Å²) in [7, 11) is 0. The highest BCUT2D eigenvalue weighted by molar-refractivity contribution is 5.81. The Balaban J connectivity index is 1.88. The Hall–Kier alpha value is -2.76. The van der Waals surface area contributed by atoms with Gasteiger partial charge in [0.2, 0.25) is 0 Å². The van der Waals surface area contributed by atoms with E-state index in [9.17, 15) is 18.0 Å². The van der Waals surface area contributed by atoms with Crippen LogP contribution in [-0.2, 0) is 12.8 Å². The van der Waals surface area contributed by atoms with E-state index in [4.69, 9.17) is 9.15 Å². The minimum Gasteiger partial charge on any atom is -0.489 e. The van der Waals surface area contributed by atoms with Crippen LogP contribution < -0.4 is 10.4 Å². The van der Waals surface area contributed by atoms with Crippen molar-refractivity contribution in [2.24, 2.45) is 0 Å². The largest absolute Gasteiger partial charge is 0.489 e. The molecule has 3 rings (SSSR count). The van der Waals surface area contributed by atoms with Crippen LogP contribution in [0.2, 0.25) is 0 Å².